The molecule has 0 heterocycles. The topological polar surface area (TPSA) is 42.8 Å². The van der Waals surface area contributed by atoms with E-state index in [1.807, 2.05) is 38.2 Å². The Hall–Kier alpha value is -2.54. The summed E-state index contributed by atoms with van der Waals surface area (Å²) < 4.78 is 45.3. The minimum absolute atomic E-state index is 0.380. The van der Waals surface area contributed by atoms with E-state index in [0.717, 1.165) is 28.3 Å². The number of carbonyl (C=O) groups is 1. The third-order valence-corrected chi connectivity index (χ3v) is 4.14. The molecule has 0 spiro atoms. The van der Waals surface area contributed by atoms with Crippen LogP contribution in [0.1, 0.15) is 19.4 Å². The lowest BCUT2D eigenvalue weighted by molar-refractivity contribution is -0.907. The van der Waals surface area contributed by atoms with Crippen molar-refractivity contribution in [1.29, 1.82) is 0 Å². The van der Waals surface area contributed by atoms with Crippen LogP contribution < -0.4 is 15.0 Å². The Balaban J connectivity index is 1.99. The number of halogens is 3. The number of quaternary nitrogens is 1. The van der Waals surface area contributed by atoms with Gasteiger partial charge in [-0.1, -0.05) is 0 Å². The summed E-state index contributed by atoms with van der Waals surface area (Å²) in [7, 11) is 1.82. The van der Waals surface area contributed by atoms with Gasteiger partial charge in [-0.05, 0) is 50.2 Å². The summed E-state index contributed by atoms with van der Waals surface area (Å²) in [5.41, 5.74) is 0.624. The highest BCUT2D eigenvalue weighted by atomic mass is 19.2. The molecule has 140 valence electrons. The van der Waals surface area contributed by atoms with Crippen LogP contribution in [0, 0.1) is 17.5 Å². The first-order chi connectivity index (χ1) is 12.3. The Bertz CT molecular complexity index is 766. The molecule has 0 aliphatic carbocycles. The number of nitrogens with one attached hydrogen (secondary N) is 2. The van der Waals surface area contributed by atoms with Crippen molar-refractivity contribution in [3.8, 4) is 5.75 Å². The van der Waals surface area contributed by atoms with Gasteiger partial charge in [0.05, 0.1) is 19.3 Å². The molecule has 4 nitrogen and oxygen atoms in total. The molecule has 0 aromatic heterocycles. The first kappa shape index (κ1) is 19.8. The molecular formula is C19H22F3N2O2+. The fraction of sp³-hybridized carbons (Fsp3) is 0.316. The summed E-state index contributed by atoms with van der Waals surface area (Å²) in [6.45, 7) is 4.72. The Labute approximate surface area is 150 Å². The maximum atomic E-state index is 13.7. The van der Waals surface area contributed by atoms with Crippen molar-refractivity contribution < 1.29 is 27.6 Å². The van der Waals surface area contributed by atoms with Gasteiger partial charge in [-0.2, -0.15) is 0 Å². The lowest BCUT2D eigenvalue weighted by Crippen LogP contribution is -3.12. The summed E-state index contributed by atoms with van der Waals surface area (Å²) in [6.07, 6.45) is 0. The largest absolute Gasteiger partial charge is 0.494 e. The number of hydrogen-bond acceptors (Lipinski definition) is 2. The van der Waals surface area contributed by atoms with Gasteiger partial charge in [0.2, 0.25) is 0 Å². The zero-order valence-electron chi connectivity index (χ0n) is 14.9. The molecule has 0 aliphatic rings. The van der Waals surface area contributed by atoms with E-state index in [-0.39, 0.29) is 5.69 Å². The van der Waals surface area contributed by atoms with Crippen LogP contribution in [0.5, 0.6) is 5.75 Å². The third kappa shape index (κ3) is 4.76. The molecule has 2 rings (SSSR count). The molecule has 0 aliphatic heterocycles. The first-order valence-corrected chi connectivity index (χ1v) is 8.31. The van der Waals surface area contributed by atoms with Crippen molar-refractivity contribution in [3.05, 3.63) is 59.4 Å². The van der Waals surface area contributed by atoms with Gasteiger partial charge in [0, 0.05) is 5.56 Å². The SMILES string of the molecule is CCOc1ccc(C[NH+](C)[C@H](C)C(=O)Nc2ccc(F)c(F)c2F)cc1. The second-order valence-corrected chi connectivity index (χ2v) is 6.03. The normalized spacial score (nSPS) is 13.2. The maximum Gasteiger partial charge on any atom is 0.282 e. The van der Waals surface area contributed by atoms with Crippen molar-refractivity contribution in [3.63, 3.8) is 0 Å². The number of rotatable bonds is 7. The summed E-state index contributed by atoms with van der Waals surface area (Å²) in [5, 5.41) is 2.31. The number of benzene rings is 2. The molecule has 1 unspecified atom stereocenters. The highest BCUT2D eigenvalue weighted by molar-refractivity contribution is 5.93. The predicted octanol–water partition coefficient (Wildman–Crippen LogP) is 2.54. The second kappa shape index (κ2) is 8.71. The second-order valence-electron chi connectivity index (χ2n) is 6.03. The number of amides is 1. The first-order valence-electron chi connectivity index (χ1n) is 8.31. The van der Waals surface area contributed by atoms with Crippen molar-refractivity contribution in [2.75, 3.05) is 19.0 Å². The summed E-state index contributed by atoms with van der Waals surface area (Å²) in [6, 6.07) is 8.77. The number of hydrogen-bond donors (Lipinski definition) is 2. The van der Waals surface area contributed by atoms with E-state index in [1.165, 1.54) is 0 Å². The summed E-state index contributed by atoms with van der Waals surface area (Å²) in [4.78, 5) is 13.2. The van der Waals surface area contributed by atoms with Gasteiger partial charge >= 0.3 is 0 Å². The van der Waals surface area contributed by atoms with Crippen molar-refractivity contribution in [2.24, 2.45) is 0 Å². The van der Waals surface area contributed by atoms with E-state index in [4.69, 9.17) is 4.74 Å². The standard InChI is InChI=1S/C19H21F3N2O2/c1-4-26-14-7-5-13(6-8-14)11-24(3)12(2)19(25)23-16-10-9-15(20)17(21)18(16)22/h5-10,12H,4,11H2,1-3H3,(H,23,25)/p+1/t12-/m1/s1. The van der Waals surface area contributed by atoms with Crippen LogP contribution in [0.25, 0.3) is 0 Å². The predicted molar refractivity (Wildman–Crippen MR) is 92.6 cm³/mol. The van der Waals surface area contributed by atoms with Gasteiger partial charge in [0.25, 0.3) is 5.91 Å². The molecule has 0 radical (unpaired) electrons. The molecule has 2 aromatic carbocycles. The number of ether oxygens (including phenoxy) is 1. The zero-order chi connectivity index (χ0) is 19.3. The fourth-order valence-corrected chi connectivity index (χ4v) is 2.43. The van der Waals surface area contributed by atoms with Gasteiger partial charge < -0.3 is 15.0 Å². The Morgan fingerprint density at radius 1 is 1.12 bits per heavy atom. The molecule has 0 bridgehead atoms. The number of likely N-dealkylation sites (N-methyl/N-ethyl adjacent to an activating group) is 1. The lowest BCUT2D eigenvalue weighted by Gasteiger charge is -2.21. The van der Waals surface area contributed by atoms with E-state index in [2.05, 4.69) is 5.32 Å². The quantitative estimate of drug-likeness (QED) is 0.739. The summed E-state index contributed by atoms with van der Waals surface area (Å²) in [5.74, 6) is -4.03. The monoisotopic (exact) mass is 367 g/mol. The van der Waals surface area contributed by atoms with Crippen LogP contribution in [0.2, 0.25) is 0 Å². The van der Waals surface area contributed by atoms with Gasteiger partial charge in [0.15, 0.2) is 23.5 Å². The Kier molecular flexibility index (Phi) is 6.63. The number of anilines is 1. The molecular weight excluding hydrogens is 345 g/mol. The molecule has 26 heavy (non-hydrogen) atoms. The van der Waals surface area contributed by atoms with Crippen LogP contribution >= 0.6 is 0 Å². The van der Waals surface area contributed by atoms with E-state index in [0.29, 0.717) is 13.2 Å². The molecule has 2 N–H and O–H groups in total. The fourth-order valence-electron chi connectivity index (χ4n) is 2.43. The molecule has 2 aromatic rings. The smallest absolute Gasteiger partial charge is 0.282 e. The Morgan fingerprint density at radius 3 is 2.38 bits per heavy atom. The van der Waals surface area contributed by atoms with Gasteiger partial charge in [-0.25, -0.2) is 13.2 Å². The minimum Gasteiger partial charge on any atom is -0.494 e. The highest BCUT2D eigenvalue weighted by Crippen LogP contribution is 2.19. The molecule has 0 saturated heterocycles. The zero-order valence-corrected chi connectivity index (χ0v) is 14.9. The van der Waals surface area contributed by atoms with Crippen LogP contribution in [0.15, 0.2) is 36.4 Å². The van der Waals surface area contributed by atoms with Crippen molar-refractivity contribution in [1.82, 2.24) is 0 Å². The van der Waals surface area contributed by atoms with E-state index >= 15 is 0 Å². The van der Waals surface area contributed by atoms with E-state index in [9.17, 15) is 18.0 Å². The average molecular weight is 367 g/mol. The highest BCUT2D eigenvalue weighted by Gasteiger charge is 2.24. The Morgan fingerprint density at radius 2 is 1.77 bits per heavy atom. The van der Waals surface area contributed by atoms with Crippen LogP contribution in [-0.4, -0.2) is 25.6 Å². The average Bonchev–Trinajstić information content (AvgIpc) is 2.63. The van der Waals surface area contributed by atoms with Gasteiger partial charge in [-0.15, -0.1) is 0 Å². The van der Waals surface area contributed by atoms with Gasteiger partial charge in [-0.3, -0.25) is 4.79 Å². The molecule has 0 fully saturated rings. The van der Waals surface area contributed by atoms with Crippen LogP contribution in [-0.2, 0) is 11.3 Å². The maximum absolute atomic E-state index is 13.7. The third-order valence-electron chi connectivity index (χ3n) is 4.14. The lowest BCUT2D eigenvalue weighted by atomic mass is 10.1. The van der Waals surface area contributed by atoms with E-state index in [1.54, 1.807) is 6.92 Å². The van der Waals surface area contributed by atoms with Gasteiger partial charge in [0.1, 0.15) is 12.3 Å². The van der Waals surface area contributed by atoms with Crippen LogP contribution in [0.3, 0.4) is 0 Å². The molecule has 7 heteroatoms. The molecule has 0 saturated carbocycles. The van der Waals surface area contributed by atoms with E-state index < -0.39 is 29.4 Å². The molecule has 2 atom stereocenters. The molecule has 1 amide bonds. The van der Waals surface area contributed by atoms with Crippen molar-refractivity contribution in [2.45, 2.75) is 26.4 Å². The van der Waals surface area contributed by atoms with Crippen molar-refractivity contribution >= 4 is 11.6 Å². The number of carbonyl (C=O) groups excluding carboxylic acids is 1. The summed E-state index contributed by atoms with van der Waals surface area (Å²) >= 11 is 0. The minimum atomic E-state index is -1.61. The van der Waals surface area contributed by atoms with Crippen LogP contribution in [0.4, 0.5) is 18.9 Å².